The fourth-order valence-electron chi connectivity index (χ4n) is 2.60. The van der Waals surface area contributed by atoms with Crippen LogP contribution < -0.4 is 0 Å². The van der Waals surface area contributed by atoms with Crippen LogP contribution >= 0.6 is 0 Å². The van der Waals surface area contributed by atoms with E-state index in [2.05, 4.69) is 0 Å². The zero-order valence-corrected chi connectivity index (χ0v) is 12.5. The van der Waals surface area contributed by atoms with Crippen LogP contribution in [0, 0.1) is 17.8 Å². The van der Waals surface area contributed by atoms with E-state index in [1.54, 1.807) is 4.90 Å². The molecular weight excluding hydrogens is 246 g/mol. The zero-order valence-electron chi connectivity index (χ0n) is 12.5. The Labute approximate surface area is 114 Å². The first-order chi connectivity index (χ1) is 8.61. The molecular formula is C14H25NO4. The van der Waals surface area contributed by atoms with Crippen molar-refractivity contribution in [1.82, 2.24) is 4.90 Å². The van der Waals surface area contributed by atoms with Gasteiger partial charge < -0.3 is 14.7 Å². The first-order valence-corrected chi connectivity index (χ1v) is 6.82. The molecule has 0 spiro atoms. The first kappa shape index (κ1) is 15.8. The highest BCUT2D eigenvalue weighted by molar-refractivity contribution is 5.72. The van der Waals surface area contributed by atoms with Crippen LogP contribution in [0.25, 0.3) is 0 Å². The van der Waals surface area contributed by atoms with Crippen LogP contribution in [-0.4, -0.2) is 40.8 Å². The van der Waals surface area contributed by atoms with E-state index in [4.69, 9.17) is 4.74 Å². The maximum absolute atomic E-state index is 11.9. The maximum Gasteiger partial charge on any atom is 0.410 e. The Hall–Kier alpha value is -1.26. The largest absolute Gasteiger partial charge is 0.481 e. The van der Waals surface area contributed by atoms with Crippen molar-refractivity contribution in [3.63, 3.8) is 0 Å². The number of amides is 1. The number of carbonyl (C=O) groups is 2. The van der Waals surface area contributed by atoms with Crippen molar-refractivity contribution in [2.75, 3.05) is 13.1 Å². The third-order valence-corrected chi connectivity index (χ3v) is 3.39. The lowest BCUT2D eigenvalue weighted by atomic mass is 9.83. The summed E-state index contributed by atoms with van der Waals surface area (Å²) in [5.41, 5.74) is -0.514. The standard InChI is InChI=1S/C14H25NO4/c1-9(2)11(12(16)17)10-6-7-15(8-10)13(18)19-14(3,4)5/h9-11H,6-8H2,1-5H3,(H,16,17). The Kier molecular flexibility index (Phi) is 4.82. The third-order valence-electron chi connectivity index (χ3n) is 3.39. The average Bonchev–Trinajstić information content (AvgIpc) is 2.62. The van der Waals surface area contributed by atoms with Gasteiger partial charge in [-0.3, -0.25) is 4.79 Å². The van der Waals surface area contributed by atoms with Crippen LogP contribution in [0.5, 0.6) is 0 Å². The predicted molar refractivity (Wildman–Crippen MR) is 71.9 cm³/mol. The summed E-state index contributed by atoms with van der Waals surface area (Å²) in [4.78, 5) is 24.8. The van der Waals surface area contributed by atoms with Gasteiger partial charge in [0.1, 0.15) is 5.60 Å². The van der Waals surface area contributed by atoms with Crippen LogP contribution in [0.15, 0.2) is 0 Å². The van der Waals surface area contributed by atoms with Gasteiger partial charge >= 0.3 is 12.1 Å². The van der Waals surface area contributed by atoms with Gasteiger partial charge in [-0.25, -0.2) is 4.79 Å². The van der Waals surface area contributed by atoms with E-state index in [0.717, 1.165) is 6.42 Å². The van der Waals surface area contributed by atoms with Gasteiger partial charge in [0.05, 0.1) is 5.92 Å². The second-order valence-corrected chi connectivity index (χ2v) is 6.58. The van der Waals surface area contributed by atoms with Crippen molar-refractivity contribution < 1.29 is 19.4 Å². The van der Waals surface area contributed by atoms with Crippen LogP contribution in [0.4, 0.5) is 4.79 Å². The molecule has 0 radical (unpaired) electrons. The smallest absolute Gasteiger partial charge is 0.410 e. The molecule has 110 valence electrons. The molecule has 0 aliphatic carbocycles. The molecule has 1 saturated heterocycles. The molecule has 1 fully saturated rings. The van der Waals surface area contributed by atoms with Crippen LogP contribution in [-0.2, 0) is 9.53 Å². The summed E-state index contributed by atoms with van der Waals surface area (Å²) in [6.45, 7) is 10.4. The van der Waals surface area contributed by atoms with Gasteiger partial charge in [0.2, 0.25) is 0 Å². The summed E-state index contributed by atoms with van der Waals surface area (Å²) in [5.74, 6) is -1.08. The molecule has 2 unspecified atom stereocenters. The Bertz CT molecular complexity index is 346. The number of rotatable bonds is 3. The number of nitrogens with zero attached hydrogens (tertiary/aromatic N) is 1. The Morgan fingerprint density at radius 2 is 1.89 bits per heavy atom. The number of hydrogen-bond donors (Lipinski definition) is 1. The maximum atomic E-state index is 11.9. The molecule has 0 aromatic carbocycles. The minimum Gasteiger partial charge on any atom is -0.481 e. The highest BCUT2D eigenvalue weighted by Crippen LogP contribution is 2.30. The molecule has 0 saturated carbocycles. The van der Waals surface area contributed by atoms with Crippen molar-refractivity contribution >= 4 is 12.1 Å². The molecule has 0 aromatic rings. The number of aliphatic carboxylic acids is 1. The topological polar surface area (TPSA) is 66.8 Å². The van der Waals surface area contributed by atoms with Crippen molar-refractivity contribution in [2.24, 2.45) is 17.8 Å². The van der Waals surface area contributed by atoms with Crippen molar-refractivity contribution in [3.05, 3.63) is 0 Å². The predicted octanol–water partition coefficient (Wildman–Crippen LogP) is 2.60. The summed E-state index contributed by atoms with van der Waals surface area (Å²) in [6.07, 6.45) is 0.386. The van der Waals surface area contributed by atoms with Crippen molar-refractivity contribution in [2.45, 2.75) is 46.6 Å². The molecule has 0 bridgehead atoms. The number of carboxylic acid groups (broad SMARTS) is 1. The summed E-state index contributed by atoms with van der Waals surface area (Å²) in [5, 5.41) is 9.28. The lowest BCUT2D eigenvalue weighted by molar-refractivity contribution is -0.145. The lowest BCUT2D eigenvalue weighted by Gasteiger charge is -2.26. The number of carboxylic acids is 1. The molecule has 5 heteroatoms. The Morgan fingerprint density at radius 1 is 1.32 bits per heavy atom. The van der Waals surface area contributed by atoms with Gasteiger partial charge in [0.15, 0.2) is 0 Å². The lowest BCUT2D eigenvalue weighted by Crippen LogP contribution is -2.37. The van der Waals surface area contributed by atoms with E-state index in [9.17, 15) is 14.7 Å². The van der Waals surface area contributed by atoms with Gasteiger partial charge in [-0.2, -0.15) is 0 Å². The van der Waals surface area contributed by atoms with Gasteiger partial charge in [0.25, 0.3) is 0 Å². The molecule has 2 atom stereocenters. The SMILES string of the molecule is CC(C)C(C(=O)O)C1CCN(C(=O)OC(C)(C)C)C1. The molecule has 1 amide bonds. The Morgan fingerprint density at radius 3 is 2.32 bits per heavy atom. The normalized spacial score (nSPS) is 21.6. The monoisotopic (exact) mass is 271 g/mol. The molecule has 19 heavy (non-hydrogen) atoms. The average molecular weight is 271 g/mol. The van der Waals surface area contributed by atoms with E-state index in [1.807, 2.05) is 34.6 Å². The van der Waals surface area contributed by atoms with E-state index in [0.29, 0.717) is 13.1 Å². The molecule has 1 rings (SSSR count). The first-order valence-electron chi connectivity index (χ1n) is 6.82. The van der Waals surface area contributed by atoms with Gasteiger partial charge in [-0.05, 0) is 39.0 Å². The van der Waals surface area contributed by atoms with Crippen molar-refractivity contribution in [3.8, 4) is 0 Å². The van der Waals surface area contributed by atoms with Gasteiger partial charge in [-0.15, -0.1) is 0 Å². The highest BCUT2D eigenvalue weighted by Gasteiger charge is 2.38. The van der Waals surface area contributed by atoms with Gasteiger partial charge in [0, 0.05) is 13.1 Å². The molecule has 1 aliphatic heterocycles. The number of likely N-dealkylation sites (tertiary alicyclic amines) is 1. The number of ether oxygens (including phenoxy) is 1. The summed E-state index contributed by atoms with van der Waals surface area (Å²) in [6, 6.07) is 0. The van der Waals surface area contributed by atoms with Crippen LogP contribution in [0.3, 0.4) is 0 Å². The number of carbonyl (C=O) groups excluding carboxylic acids is 1. The summed E-state index contributed by atoms with van der Waals surface area (Å²) < 4.78 is 5.31. The minimum atomic E-state index is -0.772. The van der Waals surface area contributed by atoms with Crippen molar-refractivity contribution in [1.29, 1.82) is 0 Å². The highest BCUT2D eigenvalue weighted by atomic mass is 16.6. The van der Waals surface area contributed by atoms with E-state index < -0.39 is 17.5 Å². The summed E-state index contributed by atoms with van der Waals surface area (Å²) in [7, 11) is 0. The molecule has 0 aromatic heterocycles. The van der Waals surface area contributed by atoms with Crippen LogP contribution in [0.2, 0.25) is 0 Å². The van der Waals surface area contributed by atoms with E-state index in [1.165, 1.54) is 0 Å². The van der Waals surface area contributed by atoms with Crippen LogP contribution in [0.1, 0.15) is 41.0 Å². The fraction of sp³-hybridized carbons (Fsp3) is 0.857. The zero-order chi connectivity index (χ0) is 14.8. The molecule has 1 aliphatic rings. The quantitative estimate of drug-likeness (QED) is 0.856. The number of hydrogen-bond acceptors (Lipinski definition) is 3. The minimum absolute atomic E-state index is 0.0185. The second-order valence-electron chi connectivity index (χ2n) is 6.58. The van der Waals surface area contributed by atoms with E-state index in [-0.39, 0.29) is 17.9 Å². The summed E-state index contributed by atoms with van der Waals surface area (Å²) >= 11 is 0. The van der Waals surface area contributed by atoms with E-state index >= 15 is 0 Å². The fourth-order valence-corrected chi connectivity index (χ4v) is 2.60. The Balaban J connectivity index is 2.62. The second kappa shape index (κ2) is 5.80. The molecule has 1 N–H and O–H groups in total. The van der Waals surface area contributed by atoms with Gasteiger partial charge in [-0.1, -0.05) is 13.8 Å². The molecule has 5 nitrogen and oxygen atoms in total. The third kappa shape index (κ3) is 4.40. The molecule has 1 heterocycles.